The molecule has 4 heteroatoms. The molecular weight excluding hydrogens is 158 g/mol. The fraction of sp³-hybridized carbons (Fsp3) is 0.875. The highest BCUT2D eigenvalue weighted by atomic mass is 16.5. The zero-order valence-corrected chi connectivity index (χ0v) is 7.49. The van der Waals surface area contributed by atoms with Gasteiger partial charge in [0, 0.05) is 7.11 Å². The number of aliphatic hydroxyl groups is 1. The van der Waals surface area contributed by atoms with Crippen molar-refractivity contribution in [3.8, 4) is 6.07 Å². The van der Waals surface area contributed by atoms with E-state index in [1.54, 1.807) is 6.92 Å². The van der Waals surface area contributed by atoms with Crippen LogP contribution in [-0.4, -0.2) is 37.6 Å². The molecule has 0 aromatic rings. The molecule has 1 N–H and O–H groups in total. The van der Waals surface area contributed by atoms with E-state index in [4.69, 9.17) is 19.8 Å². The van der Waals surface area contributed by atoms with E-state index >= 15 is 0 Å². The van der Waals surface area contributed by atoms with Gasteiger partial charge < -0.3 is 14.6 Å². The summed E-state index contributed by atoms with van der Waals surface area (Å²) in [5.74, 6) is 0. The van der Waals surface area contributed by atoms with Gasteiger partial charge in [0.05, 0.1) is 31.8 Å². The minimum Gasteiger partial charge on any atom is -0.388 e. The minimum absolute atomic E-state index is 0.124. The first-order valence-electron chi connectivity index (χ1n) is 3.86. The molecule has 2 atom stereocenters. The summed E-state index contributed by atoms with van der Waals surface area (Å²) < 4.78 is 9.85. The van der Waals surface area contributed by atoms with Gasteiger partial charge in [-0.3, -0.25) is 0 Å². The predicted molar refractivity (Wildman–Crippen MR) is 43.5 cm³/mol. The lowest BCUT2D eigenvalue weighted by atomic mass is 10.3. The van der Waals surface area contributed by atoms with Gasteiger partial charge in [-0.05, 0) is 6.92 Å². The Morgan fingerprint density at radius 3 is 2.67 bits per heavy atom. The molecule has 0 rings (SSSR count). The molecule has 0 fully saturated rings. The molecule has 0 spiro atoms. The van der Waals surface area contributed by atoms with Gasteiger partial charge in [-0.2, -0.15) is 5.26 Å². The number of aliphatic hydroxyl groups excluding tert-OH is 1. The molecule has 0 saturated carbocycles. The van der Waals surface area contributed by atoms with Crippen LogP contribution in [0.1, 0.15) is 13.3 Å². The van der Waals surface area contributed by atoms with E-state index in [1.807, 2.05) is 6.07 Å². The van der Waals surface area contributed by atoms with Crippen LogP contribution in [0, 0.1) is 11.3 Å². The third kappa shape index (κ3) is 6.10. The molecule has 2 unspecified atom stereocenters. The van der Waals surface area contributed by atoms with E-state index in [0.29, 0.717) is 6.42 Å². The first kappa shape index (κ1) is 11.4. The minimum atomic E-state index is -0.601. The maximum atomic E-state index is 9.13. The molecule has 0 saturated heterocycles. The summed E-state index contributed by atoms with van der Waals surface area (Å²) in [6.07, 6.45) is -0.377. The number of nitrogens with zero attached hydrogens (tertiary/aromatic N) is 1. The Morgan fingerprint density at radius 2 is 2.17 bits per heavy atom. The smallest absolute Gasteiger partial charge is 0.101 e. The van der Waals surface area contributed by atoms with Crippen molar-refractivity contribution in [3.63, 3.8) is 0 Å². The van der Waals surface area contributed by atoms with Gasteiger partial charge in [0.25, 0.3) is 0 Å². The second-order valence-electron chi connectivity index (χ2n) is 2.62. The zero-order valence-electron chi connectivity index (χ0n) is 7.49. The van der Waals surface area contributed by atoms with Crippen molar-refractivity contribution in [2.75, 3.05) is 20.3 Å². The molecule has 70 valence electrons. The number of hydrogen-bond donors (Lipinski definition) is 1. The lowest BCUT2D eigenvalue weighted by Crippen LogP contribution is -2.23. The second-order valence-corrected chi connectivity index (χ2v) is 2.62. The van der Waals surface area contributed by atoms with Gasteiger partial charge in [-0.25, -0.2) is 0 Å². The van der Waals surface area contributed by atoms with Crippen LogP contribution in [0.15, 0.2) is 0 Å². The lowest BCUT2D eigenvalue weighted by Gasteiger charge is -2.13. The Labute approximate surface area is 72.7 Å². The SMILES string of the molecule is COCC(O)COC(C)CC#N. The Kier molecular flexibility index (Phi) is 6.67. The van der Waals surface area contributed by atoms with E-state index in [-0.39, 0.29) is 19.3 Å². The Bertz CT molecular complexity index is 144. The van der Waals surface area contributed by atoms with Crippen molar-refractivity contribution < 1.29 is 14.6 Å². The second kappa shape index (κ2) is 7.04. The number of nitriles is 1. The van der Waals surface area contributed by atoms with Crippen LogP contribution in [0.4, 0.5) is 0 Å². The normalized spacial score (nSPS) is 15.2. The summed E-state index contributed by atoms with van der Waals surface area (Å²) in [6, 6.07) is 1.99. The topological polar surface area (TPSA) is 62.5 Å². The van der Waals surface area contributed by atoms with Crippen LogP contribution in [0.25, 0.3) is 0 Å². The molecule has 4 nitrogen and oxygen atoms in total. The van der Waals surface area contributed by atoms with Gasteiger partial charge in [0.1, 0.15) is 6.10 Å². The average Bonchev–Trinajstić information content (AvgIpc) is 2.02. The summed E-state index contributed by atoms with van der Waals surface area (Å²) in [7, 11) is 1.52. The van der Waals surface area contributed by atoms with E-state index in [2.05, 4.69) is 0 Å². The van der Waals surface area contributed by atoms with Crippen LogP contribution < -0.4 is 0 Å². The first-order chi connectivity index (χ1) is 5.70. The number of hydrogen-bond acceptors (Lipinski definition) is 4. The zero-order chi connectivity index (χ0) is 9.40. The molecule has 0 heterocycles. The Balaban J connectivity index is 3.34. The van der Waals surface area contributed by atoms with Crippen molar-refractivity contribution in [2.24, 2.45) is 0 Å². The van der Waals surface area contributed by atoms with E-state index in [0.717, 1.165) is 0 Å². The molecule has 0 aromatic heterocycles. The maximum absolute atomic E-state index is 9.13. The van der Waals surface area contributed by atoms with Gasteiger partial charge >= 0.3 is 0 Å². The molecule has 0 aliphatic heterocycles. The summed E-state index contributed by atoms with van der Waals surface area (Å²) >= 11 is 0. The van der Waals surface area contributed by atoms with E-state index in [1.165, 1.54) is 7.11 Å². The molecule has 12 heavy (non-hydrogen) atoms. The van der Waals surface area contributed by atoms with Crippen molar-refractivity contribution in [3.05, 3.63) is 0 Å². The quantitative estimate of drug-likeness (QED) is 0.628. The summed E-state index contributed by atoms with van der Waals surface area (Å²) in [5, 5.41) is 17.4. The Morgan fingerprint density at radius 1 is 1.50 bits per heavy atom. The molecule has 0 aromatic carbocycles. The fourth-order valence-electron chi connectivity index (χ4n) is 0.703. The fourth-order valence-corrected chi connectivity index (χ4v) is 0.703. The van der Waals surface area contributed by atoms with Crippen molar-refractivity contribution in [2.45, 2.75) is 25.6 Å². The number of ether oxygens (including phenoxy) is 2. The van der Waals surface area contributed by atoms with E-state index in [9.17, 15) is 0 Å². The summed E-state index contributed by atoms with van der Waals surface area (Å²) in [6.45, 7) is 2.28. The number of methoxy groups -OCH3 is 1. The highest BCUT2D eigenvalue weighted by molar-refractivity contribution is 4.73. The van der Waals surface area contributed by atoms with Gasteiger partial charge in [-0.15, -0.1) is 0 Å². The number of rotatable bonds is 6. The first-order valence-corrected chi connectivity index (χ1v) is 3.86. The molecule has 0 radical (unpaired) electrons. The standard InChI is InChI=1S/C8H15NO3/c1-7(3-4-9)12-6-8(10)5-11-2/h7-8,10H,3,5-6H2,1-2H3. The molecule has 0 bridgehead atoms. The van der Waals surface area contributed by atoms with Crippen LogP contribution in [0.3, 0.4) is 0 Å². The average molecular weight is 173 g/mol. The van der Waals surface area contributed by atoms with Gasteiger partial charge in [-0.1, -0.05) is 0 Å². The van der Waals surface area contributed by atoms with Crippen molar-refractivity contribution in [1.29, 1.82) is 5.26 Å². The van der Waals surface area contributed by atoms with Gasteiger partial charge in [0.15, 0.2) is 0 Å². The molecule has 0 aliphatic carbocycles. The monoisotopic (exact) mass is 173 g/mol. The highest BCUT2D eigenvalue weighted by Crippen LogP contribution is 1.97. The summed E-state index contributed by atoms with van der Waals surface area (Å²) in [4.78, 5) is 0. The molecule has 0 amide bonds. The van der Waals surface area contributed by atoms with Crippen LogP contribution in [0.2, 0.25) is 0 Å². The van der Waals surface area contributed by atoms with Gasteiger partial charge in [0.2, 0.25) is 0 Å². The van der Waals surface area contributed by atoms with Crippen LogP contribution >= 0.6 is 0 Å². The van der Waals surface area contributed by atoms with Crippen molar-refractivity contribution >= 4 is 0 Å². The molecular formula is C8H15NO3. The summed E-state index contributed by atoms with van der Waals surface area (Å²) in [5.41, 5.74) is 0. The predicted octanol–water partition coefficient (Wildman–Crippen LogP) is 0.312. The van der Waals surface area contributed by atoms with E-state index < -0.39 is 6.10 Å². The Hall–Kier alpha value is -0.630. The third-order valence-electron chi connectivity index (χ3n) is 1.31. The maximum Gasteiger partial charge on any atom is 0.101 e. The highest BCUT2D eigenvalue weighted by Gasteiger charge is 2.06. The van der Waals surface area contributed by atoms with Crippen LogP contribution in [0.5, 0.6) is 0 Å². The lowest BCUT2D eigenvalue weighted by molar-refractivity contribution is -0.0294. The van der Waals surface area contributed by atoms with Crippen molar-refractivity contribution in [1.82, 2.24) is 0 Å². The largest absolute Gasteiger partial charge is 0.388 e. The molecule has 0 aliphatic rings. The van der Waals surface area contributed by atoms with Crippen LogP contribution in [-0.2, 0) is 9.47 Å². The third-order valence-corrected chi connectivity index (χ3v) is 1.31.